The molecule has 0 aliphatic carbocycles. The van der Waals surface area contributed by atoms with E-state index >= 15 is 0 Å². The van der Waals surface area contributed by atoms with Gasteiger partial charge in [0.25, 0.3) is 0 Å². The van der Waals surface area contributed by atoms with Gasteiger partial charge in [-0.1, -0.05) is 26.2 Å². The fraction of sp³-hybridized carbons (Fsp3) is 0.947. The van der Waals surface area contributed by atoms with Gasteiger partial charge in [0.05, 0.1) is 12.1 Å². The van der Waals surface area contributed by atoms with Crippen LogP contribution >= 0.6 is 0 Å². The first-order valence-electron chi connectivity index (χ1n) is 9.74. The Hall–Kier alpha value is 0.690. The summed E-state index contributed by atoms with van der Waals surface area (Å²) < 4.78 is 1.50. The number of aliphatic hydroxyl groups is 1. The van der Waals surface area contributed by atoms with Crippen LogP contribution in [0.25, 0.3) is 0 Å². The third kappa shape index (κ3) is 27.8. The molecule has 0 spiro atoms. The molecule has 4 heteroatoms. The number of rotatable bonds is 15. The van der Waals surface area contributed by atoms with Crippen LogP contribution in [0.15, 0.2) is 0 Å². The van der Waals surface area contributed by atoms with Crippen molar-refractivity contribution in [3.63, 3.8) is 0 Å². The molecular weight excluding hydrogens is 316 g/mol. The van der Waals surface area contributed by atoms with E-state index in [4.69, 9.17) is 5.11 Å². The van der Waals surface area contributed by atoms with E-state index < -0.39 is 12.1 Å². The first-order chi connectivity index (χ1) is 11.1. The SMILES string of the molecule is CC(O)C(=O)[O-].CCCCCCCCCCCCCCC[CH2][Ca+]. The van der Waals surface area contributed by atoms with Crippen LogP contribution in [0.4, 0.5) is 0 Å². The molecule has 0 amide bonds. The van der Waals surface area contributed by atoms with Gasteiger partial charge in [-0.15, -0.1) is 0 Å². The number of carboxylic acids is 1. The van der Waals surface area contributed by atoms with Gasteiger partial charge in [-0.2, -0.15) is 0 Å². The van der Waals surface area contributed by atoms with Gasteiger partial charge in [-0.3, -0.25) is 0 Å². The average molecular weight is 355 g/mol. The molecule has 0 aromatic heterocycles. The van der Waals surface area contributed by atoms with Gasteiger partial charge >= 0.3 is 109 Å². The summed E-state index contributed by atoms with van der Waals surface area (Å²) in [4.78, 5) is 9.34. The van der Waals surface area contributed by atoms with Crippen molar-refractivity contribution >= 4 is 41.8 Å². The molecule has 1 unspecified atom stereocenters. The van der Waals surface area contributed by atoms with Crippen molar-refractivity contribution in [2.24, 2.45) is 0 Å². The molecule has 0 radical (unpaired) electrons. The monoisotopic (exact) mass is 354 g/mol. The molecule has 0 saturated heterocycles. The number of hydrogen-bond donors (Lipinski definition) is 1. The zero-order valence-corrected chi connectivity index (χ0v) is 17.9. The van der Waals surface area contributed by atoms with Crippen LogP contribution < -0.4 is 5.11 Å². The summed E-state index contributed by atoms with van der Waals surface area (Å²) in [5.74, 6) is -1.44. The number of carbonyl (C=O) groups is 1. The van der Waals surface area contributed by atoms with Gasteiger partial charge in [-0.25, -0.2) is 0 Å². The van der Waals surface area contributed by atoms with Crippen LogP contribution in [0.2, 0.25) is 2.52 Å². The summed E-state index contributed by atoms with van der Waals surface area (Å²) >= 11 is 1.50. The molecule has 134 valence electrons. The van der Waals surface area contributed by atoms with Gasteiger partial charge in [0, 0.05) is 0 Å². The quantitative estimate of drug-likeness (QED) is 0.355. The summed E-state index contributed by atoms with van der Waals surface area (Å²) in [6.07, 6.45) is 19.4. The first-order valence-corrected chi connectivity index (χ1v) is 11.3. The molecule has 1 atom stereocenters. The first kappa shape index (κ1) is 25.9. The molecule has 0 aromatic carbocycles. The van der Waals surface area contributed by atoms with E-state index in [0.717, 1.165) is 6.92 Å². The Kier molecular flexibility index (Phi) is 25.6. The van der Waals surface area contributed by atoms with Crippen LogP contribution in [0.5, 0.6) is 0 Å². The van der Waals surface area contributed by atoms with E-state index in [2.05, 4.69) is 6.92 Å². The van der Waals surface area contributed by atoms with E-state index in [0.29, 0.717) is 0 Å². The molecule has 1 N–H and O–H groups in total. The van der Waals surface area contributed by atoms with Crippen molar-refractivity contribution in [2.75, 3.05) is 0 Å². The van der Waals surface area contributed by atoms with Crippen LogP contribution in [-0.2, 0) is 4.79 Å². The summed E-state index contributed by atoms with van der Waals surface area (Å²) in [7, 11) is 0. The molecule has 0 fully saturated rings. The van der Waals surface area contributed by atoms with E-state index in [1.54, 1.807) is 0 Å². The molecule has 0 aromatic rings. The Morgan fingerprint density at radius 3 is 1.30 bits per heavy atom. The van der Waals surface area contributed by atoms with Gasteiger partial charge in [-0.05, 0) is 6.92 Å². The number of carbonyl (C=O) groups excluding carboxylic acids is 1. The fourth-order valence-electron chi connectivity index (χ4n) is 2.37. The number of unbranched alkanes of at least 4 members (excludes halogenated alkanes) is 13. The van der Waals surface area contributed by atoms with Crippen molar-refractivity contribution in [3.05, 3.63) is 0 Å². The second-order valence-electron chi connectivity index (χ2n) is 6.44. The van der Waals surface area contributed by atoms with E-state index in [1.807, 2.05) is 0 Å². The van der Waals surface area contributed by atoms with E-state index in [-0.39, 0.29) is 0 Å². The molecule has 3 nitrogen and oxygen atoms in total. The second-order valence-corrected chi connectivity index (χ2v) is 7.55. The van der Waals surface area contributed by atoms with Gasteiger partial charge in [0.15, 0.2) is 0 Å². The molecular formula is C19H38CaO3. The van der Waals surface area contributed by atoms with Crippen LogP contribution in [0.1, 0.15) is 104 Å². The maximum atomic E-state index is 9.34. The number of carboxylic acid groups (broad SMARTS) is 1. The third-order valence-electron chi connectivity index (χ3n) is 3.94. The molecule has 23 heavy (non-hydrogen) atoms. The van der Waals surface area contributed by atoms with Crippen molar-refractivity contribution in [1.29, 1.82) is 0 Å². The minimum atomic E-state index is -1.44. The standard InChI is InChI=1S/C16H33.C3H6O3.Ca/c1-3-5-7-9-11-13-15-16-14-12-10-8-6-4-2;1-2(4)3(5)6;/h1,3-16H2,2H3;2,4H,1H3,(H,5,6);/q;;+1/p-1. The van der Waals surface area contributed by atoms with Crippen molar-refractivity contribution in [2.45, 2.75) is 112 Å². The minimum absolute atomic E-state index is 1.13. The zero-order valence-electron chi connectivity index (χ0n) is 15.7. The third-order valence-corrected chi connectivity index (χ3v) is 4.73. The molecule has 0 aliphatic rings. The Labute approximate surface area is 168 Å². The van der Waals surface area contributed by atoms with Crippen molar-refractivity contribution < 1.29 is 15.0 Å². The summed E-state index contributed by atoms with van der Waals surface area (Å²) in [5.41, 5.74) is 0. The Bertz CT molecular complexity index is 219. The average Bonchev–Trinajstić information content (AvgIpc) is 2.52. The Balaban J connectivity index is 0. The molecule has 0 aliphatic heterocycles. The zero-order chi connectivity index (χ0) is 17.8. The van der Waals surface area contributed by atoms with Crippen LogP contribution in [0.3, 0.4) is 0 Å². The van der Waals surface area contributed by atoms with Gasteiger partial charge < -0.3 is 15.0 Å². The number of aliphatic carboxylic acids is 1. The van der Waals surface area contributed by atoms with Crippen molar-refractivity contribution in [1.82, 2.24) is 0 Å². The Morgan fingerprint density at radius 1 is 0.826 bits per heavy atom. The number of hydrogen-bond acceptors (Lipinski definition) is 3. The maximum absolute atomic E-state index is 9.34. The second kappa shape index (κ2) is 22.7. The molecule has 0 bridgehead atoms. The number of aliphatic hydroxyl groups excluding tert-OH is 1. The predicted octanol–water partition coefficient (Wildman–Crippen LogP) is 4.17. The topological polar surface area (TPSA) is 60.4 Å². The summed E-state index contributed by atoms with van der Waals surface area (Å²) in [6, 6.07) is 0. The normalized spacial score (nSPS) is 11.7. The summed E-state index contributed by atoms with van der Waals surface area (Å²) in [5, 5.41) is 17.3. The molecule has 0 rings (SSSR count). The van der Waals surface area contributed by atoms with Gasteiger partial charge in [0.1, 0.15) is 0 Å². The summed E-state index contributed by atoms with van der Waals surface area (Å²) in [6.45, 7) is 3.43. The Morgan fingerprint density at radius 2 is 1.09 bits per heavy atom. The van der Waals surface area contributed by atoms with E-state index in [1.165, 1.54) is 128 Å². The molecule has 0 heterocycles. The fourth-order valence-corrected chi connectivity index (χ4v) is 2.92. The molecule has 0 saturated carbocycles. The van der Waals surface area contributed by atoms with Crippen LogP contribution in [-0.4, -0.2) is 53.0 Å². The van der Waals surface area contributed by atoms with Gasteiger partial charge in [0.2, 0.25) is 0 Å². The van der Waals surface area contributed by atoms with Crippen molar-refractivity contribution in [3.8, 4) is 0 Å². The van der Waals surface area contributed by atoms with E-state index in [9.17, 15) is 9.90 Å². The van der Waals surface area contributed by atoms with Crippen LogP contribution in [0, 0.1) is 0 Å². The predicted molar refractivity (Wildman–Crippen MR) is 97.6 cm³/mol.